The van der Waals surface area contributed by atoms with Crippen molar-refractivity contribution in [3.63, 3.8) is 0 Å². The summed E-state index contributed by atoms with van der Waals surface area (Å²) in [6.45, 7) is 6.16. The van der Waals surface area contributed by atoms with E-state index in [9.17, 15) is 4.79 Å². The highest BCUT2D eigenvalue weighted by Gasteiger charge is 2.21. The highest BCUT2D eigenvalue weighted by Crippen LogP contribution is 2.06. The van der Waals surface area contributed by atoms with Crippen LogP contribution in [-0.4, -0.2) is 68.4 Å². The van der Waals surface area contributed by atoms with Gasteiger partial charge in [-0.3, -0.25) is 4.90 Å². The number of carbonyl (C=O) groups excluding carboxylic acids is 1. The molecule has 0 aromatic heterocycles. The second-order valence-corrected chi connectivity index (χ2v) is 5.27. The minimum Gasteiger partial charge on any atom is -0.445 e. The van der Waals surface area contributed by atoms with Crippen LogP contribution in [0.3, 0.4) is 0 Å². The summed E-state index contributed by atoms with van der Waals surface area (Å²) < 4.78 is 10.7. The van der Waals surface area contributed by atoms with E-state index in [0.29, 0.717) is 39.5 Å². The summed E-state index contributed by atoms with van der Waals surface area (Å²) in [4.78, 5) is 16.1. The van der Waals surface area contributed by atoms with Gasteiger partial charge in [-0.15, -0.1) is 0 Å². The van der Waals surface area contributed by atoms with Crippen LogP contribution in [0.15, 0.2) is 30.3 Å². The number of rotatable bonds is 7. The molecule has 1 heterocycles. The van der Waals surface area contributed by atoms with Gasteiger partial charge in [-0.25, -0.2) is 4.79 Å². The largest absolute Gasteiger partial charge is 0.445 e. The summed E-state index contributed by atoms with van der Waals surface area (Å²) in [5.74, 6) is 0. The fourth-order valence-electron chi connectivity index (χ4n) is 2.34. The average Bonchev–Trinajstić information content (AvgIpc) is 2.58. The maximum absolute atomic E-state index is 12.0. The molecule has 122 valence electrons. The molecular weight excluding hydrogens is 282 g/mol. The van der Waals surface area contributed by atoms with Gasteiger partial charge in [0.1, 0.15) is 6.61 Å². The number of hydrogen-bond donors (Lipinski definition) is 1. The molecule has 1 aliphatic rings. The lowest BCUT2D eigenvalue weighted by Crippen LogP contribution is -2.49. The van der Waals surface area contributed by atoms with Gasteiger partial charge in [-0.2, -0.15) is 0 Å². The molecule has 22 heavy (non-hydrogen) atoms. The number of carbonyl (C=O) groups is 1. The maximum atomic E-state index is 12.0. The average molecular weight is 307 g/mol. The van der Waals surface area contributed by atoms with Crippen LogP contribution in [0.1, 0.15) is 5.56 Å². The molecule has 0 radical (unpaired) electrons. The van der Waals surface area contributed by atoms with Crippen LogP contribution in [-0.2, 0) is 16.1 Å². The summed E-state index contributed by atoms with van der Waals surface area (Å²) in [5, 5.41) is 0. The molecule has 1 aromatic rings. The molecule has 2 N–H and O–H groups in total. The third-order valence-corrected chi connectivity index (χ3v) is 3.65. The molecule has 1 aromatic carbocycles. The van der Waals surface area contributed by atoms with Gasteiger partial charge in [0.05, 0.1) is 13.2 Å². The Morgan fingerprint density at radius 3 is 2.50 bits per heavy atom. The zero-order valence-electron chi connectivity index (χ0n) is 12.9. The first-order valence-corrected chi connectivity index (χ1v) is 7.75. The Morgan fingerprint density at radius 1 is 1.09 bits per heavy atom. The first kappa shape index (κ1) is 16.7. The van der Waals surface area contributed by atoms with E-state index in [1.54, 1.807) is 4.90 Å². The minimum atomic E-state index is -0.233. The molecule has 2 rings (SSSR count). The van der Waals surface area contributed by atoms with E-state index >= 15 is 0 Å². The summed E-state index contributed by atoms with van der Waals surface area (Å²) in [6, 6.07) is 9.73. The summed E-state index contributed by atoms with van der Waals surface area (Å²) in [7, 11) is 0. The molecular formula is C16H25N3O3. The Kier molecular flexibility index (Phi) is 7.15. The molecule has 1 saturated heterocycles. The van der Waals surface area contributed by atoms with Crippen molar-refractivity contribution in [2.24, 2.45) is 5.73 Å². The SMILES string of the molecule is NCCOCCN1CCN(C(=O)OCc2ccccc2)CC1. The van der Waals surface area contributed by atoms with Gasteiger partial charge in [0, 0.05) is 39.3 Å². The highest BCUT2D eigenvalue weighted by atomic mass is 16.6. The zero-order valence-corrected chi connectivity index (χ0v) is 12.9. The van der Waals surface area contributed by atoms with E-state index in [0.717, 1.165) is 25.2 Å². The zero-order chi connectivity index (χ0) is 15.6. The molecule has 0 saturated carbocycles. The smallest absolute Gasteiger partial charge is 0.410 e. The molecule has 1 amide bonds. The second-order valence-electron chi connectivity index (χ2n) is 5.27. The molecule has 0 bridgehead atoms. The monoisotopic (exact) mass is 307 g/mol. The highest BCUT2D eigenvalue weighted by molar-refractivity contribution is 5.67. The Morgan fingerprint density at radius 2 is 1.82 bits per heavy atom. The van der Waals surface area contributed by atoms with Crippen molar-refractivity contribution < 1.29 is 14.3 Å². The summed E-state index contributed by atoms with van der Waals surface area (Å²) in [5.41, 5.74) is 6.38. The van der Waals surface area contributed by atoms with Crippen LogP contribution in [0.4, 0.5) is 4.79 Å². The Hall–Kier alpha value is -1.63. The lowest BCUT2D eigenvalue weighted by Gasteiger charge is -2.33. The van der Waals surface area contributed by atoms with Crippen LogP contribution in [0, 0.1) is 0 Å². The van der Waals surface area contributed by atoms with Crippen molar-refractivity contribution >= 4 is 6.09 Å². The van der Waals surface area contributed by atoms with Gasteiger partial charge in [-0.05, 0) is 5.56 Å². The van der Waals surface area contributed by atoms with Crippen LogP contribution in [0.5, 0.6) is 0 Å². The van der Waals surface area contributed by atoms with E-state index in [-0.39, 0.29) is 6.09 Å². The van der Waals surface area contributed by atoms with Crippen LogP contribution in [0.25, 0.3) is 0 Å². The Labute approximate surface area is 131 Å². The minimum absolute atomic E-state index is 0.233. The van der Waals surface area contributed by atoms with Crippen LogP contribution >= 0.6 is 0 Å². The second kappa shape index (κ2) is 9.40. The molecule has 1 fully saturated rings. The number of benzene rings is 1. The van der Waals surface area contributed by atoms with E-state index < -0.39 is 0 Å². The van der Waals surface area contributed by atoms with Crippen LogP contribution in [0.2, 0.25) is 0 Å². The lowest BCUT2D eigenvalue weighted by molar-refractivity contribution is 0.0578. The van der Waals surface area contributed by atoms with Crippen molar-refractivity contribution in [1.29, 1.82) is 0 Å². The Balaban J connectivity index is 1.62. The van der Waals surface area contributed by atoms with Gasteiger partial charge in [0.15, 0.2) is 0 Å². The summed E-state index contributed by atoms with van der Waals surface area (Å²) in [6.07, 6.45) is -0.233. The molecule has 0 atom stereocenters. The van der Waals surface area contributed by atoms with Crippen molar-refractivity contribution in [2.75, 3.05) is 52.5 Å². The van der Waals surface area contributed by atoms with Gasteiger partial charge < -0.3 is 20.1 Å². The third kappa shape index (κ3) is 5.63. The predicted octanol–water partition coefficient (Wildman–Crippen LogP) is 0.916. The number of nitrogens with zero attached hydrogens (tertiary/aromatic N) is 2. The molecule has 6 heteroatoms. The molecule has 6 nitrogen and oxygen atoms in total. The predicted molar refractivity (Wildman–Crippen MR) is 84.5 cm³/mol. The van der Waals surface area contributed by atoms with E-state index in [2.05, 4.69) is 4.90 Å². The molecule has 0 spiro atoms. The summed E-state index contributed by atoms with van der Waals surface area (Å²) >= 11 is 0. The van der Waals surface area contributed by atoms with Gasteiger partial charge in [0.2, 0.25) is 0 Å². The molecule has 0 unspecified atom stereocenters. The van der Waals surface area contributed by atoms with Crippen molar-refractivity contribution in [2.45, 2.75) is 6.61 Å². The van der Waals surface area contributed by atoms with Gasteiger partial charge in [0.25, 0.3) is 0 Å². The fraction of sp³-hybridized carbons (Fsp3) is 0.562. The lowest BCUT2D eigenvalue weighted by atomic mass is 10.2. The van der Waals surface area contributed by atoms with Crippen molar-refractivity contribution in [1.82, 2.24) is 9.80 Å². The number of ether oxygens (including phenoxy) is 2. The third-order valence-electron chi connectivity index (χ3n) is 3.65. The number of amides is 1. The number of hydrogen-bond acceptors (Lipinski definition) is 5. The normalized spacial score (nSPS) is 15.8. The first-order chi connectivity index (χ1) is 10.8. The first-order valence-electron chi connectivity index (χ1n) is 7.75. The van der Waals surface area contributed by atoms with Crippen molar-refractivity contribution in [3.8, 4) is 0 Å². The van der Waals surface area contributed by atoms with E-state index in [1.165, 1.54) is 0 Å². The quantitative estimate of drug-likeness (QED) is 0.759. The number of nitrogens with two attached hydrogens (primary N) is 1. The van der Waals surface area contributed by atoms with Gasteiger partial charge in [-0.1, -0.05) is 30.3 Å². The fourth-order valence-corrected chi connectivity index (χ4v) is 2.34. The van der Waals surface area contributed by atoms with E-state index in [1.807, 2.05) is 30.3 Å². The molecule has 1 aliphatic heterocycles. The molecule has 0 aliphatic carbocycles. The maximum Gasteiger partial charge on any atom is 0.410 e. The Bertz CT molecular complexity index is 434. The van der Waals surface area contributed by atoms with Gasteiger partial charge >= 0.3 is 6.09 Å². The van der Waals surface area contributed by atoms with Crippen LogP contribution < -0.4 is 5.73 Å². The number of piperazine rings is 1. The van der Waals surface area contributed by atoms with Crippen molar-refractivity contribution in [3.05, 3.63) is 35.9 Å². The standard InChI is InChI=1S/C16H25N3O3/c17-6-12-21-13-11-18-7-9-19(10-8-18)16(20)22-14-15-4-2-1-3-5-15/h1-5H,6-14,17H2. The van der Waals surface area contributed by atoms with E-state index in [4.69, 9.17) is 15.2 Å². The topological polar surface area (TPSA) is 68.0 Å².